The van der Waals surface area contributed by atoms with Gasteiger partial charge in [-0.25, -0.2) is 28.1 Å². The second-order valence-corrected chi connectivity index (χ2v) is 9.11. The Bertz CT molecular complexity index is 912. The second kappa shape index (κ2) is 7.20. The average Bonchev–Trinajstić information content (AvgIpc) is 3.01. The maximum atomic E-state index is 12.6. The van der Waals surface area contributed by atoms with Crippen molar-refractivity contribution in [3.63, 3.8) is 0 Å². The molecule has 1 aliphatic carbocycles. The van der Waals surface area contributed by atoms with Gasteiger partial charge in [0.1, 0.15) is 18.0 Å². The monoisotopic (exact) mass is 390 g/mol. The summed E-state index contributed by atoms with van der Waals surface area (Å²) >= 11 is 0. The molecule has 0 saturated carbocycles. The minimum Gasteiger partial charge on any atom is -0.356 e. The van der Waals surface area contributed by atoms with Crippen molar-refractivity contribution in [3.05, 3.63) is 29.6 Å². The van der Waals surface area contributed by atoms with Gasteiger partial charge in [-0.15, -0.1) is 0 Å². The molecule has 0 aromatic carbocycles. The Morgan fingerprint density at radius 1 is 1.15 bits per heavy atom. The van der Waals surface area contributed by atoms with Crippen LogP contribution in [0.2, 0.25) is 0 Å². The first-order valence-corrected chi connectivity index (χ1v) is 11.0. The van der Waals surface area contributed by atoms with Crippen LogP contribution in [-0.4, -0.2) is 47.1 Å². The van der Waals surface area contributed by atoms with Crippen molar-refractivity contribution in [1.82, 2.24) is 24.2 Å². The highest BCUT2D eigenvalue weighted by atomic mass is 32.2. The van der Waals surface area contributed by atoms with Gasteiger partial charge >= 0.3 is 0 Å². The van der Waals surface area contributed by atoms with Crippen LogP contribution in [-0.2, 0) is 29.9 Å². The summed E-state index contributed by atoms with van der Waals surface area (Å²) < 4.78 is 29.7. The van der Waals surface area contributed by atoms with Crippen molar-refractivity contribution in [3.8, 4) is 0 Å². The number of aryl methyl sites for hydroxylation is 3. The number of hydrogen-bond donors (Lipinski definition) is 1. The number of nitrogens with zero attached hydrogens (tertiary/aromatic N) is 5. The lowest BCUT2D eigenvalue weighted by atomic mass is 9.95. The first-order valence-electron chi connectivity index (χ1n) is 9.54. The Morgan fingerprint density at radius 2 is 1.89 bits per heavy atom. The largest absolute Gasteiger partial charge is 0.356 e. The van der Waals surface area contributed by atoms with E-state index in [2.05, 4.69) is 24.6 Å². The molecule has 8 nitrogen and oxygen atoms in total. The number of fused-ring (bicyclic) bond motifs is 1. The molecule has 2 aromatic rings. The van der Waals surface area contributed by atoms with Crippen molar-refractivity contribution in [2.45, 2.75) is 56.5 Å². The van der Waals surface area contributed by atoms with Crippen LogP contribution in [0.4, 0.5) is 5.82 Å². The van der Waals surface area contributed by atoms with E-state index in [0.717, 1.165) is 44.6 Å². The number of aromatic nitrogens is 4. The summed E-state index contributed by atoms with van der Waals surface area (Å²) in [4.78, 5) is 15.4. The Labute approximate surface area is 160 Å². The average molecular weight is 391 g/mol. The zero-order valence-corrected chi connectivity index (χ0v) is 16.7. The summed E-state index contributed by atoms with van der Waals surface area (Å²) in [6.07, 6.45) is 9.18. The lowest BCUT2D eigenvalue weighted by molar-refractivity contribution is 0.456. The zero-order chi connectivity index (χ0) is 19.0. The predicted molar refractivity (Wildman–Crippen MR) is 102 cm³/mol. The molecule has 0 amide bonds. The van der Waals surface area contributed by atoms with E-state index >= 15 is 0 Å². The SMILES string of the molecule is Cc1nc(S(=O)(=O)NC2CCN(c3ncnc4c3CCCC4)CC2)cn1C. The fourth-order valence-electron chi connectivity index (χ4n) is 3.92. The van der Waals surface area contributed by atoms with Gasteiger partial charge < -0.3 is 9.47 Å². The highest BCUT2D eigenvalue weighted by Gasteiger charge is 2.28. The minimum atomic E-state index is -3.58. The number of hydrogen-bond acceptors (Lipinski definition) is 6. The summed E-state index contributed by atoms with van der Waals surface area (Å²) in [5.74, 6) is 1.72. The van der Waals surface area contributed by atoms with E-state index in [-0.39, 0.29) is 11.1 Å². The van der Waals surface area contributed by atoms with Crippen molar-refractivity contribution in [2.24, 2.45) is 7.05 Å². The lowest BCUT2D eigenvalue weighted by Crippen LogP contribution is -2.45. The molecule has 2 aromatic heterocycles. The smallest absolute Gasteiger partial charge is 0.259 e. The fraction of sp³-hybridized carbons (Fsp3) is 0.611. The van der Waals surface area contributed by atoms with Gasteiger partial charge in [-0.3, -0.25) is 0 Å². The van der Waals surface area contributed by atoms with Crippen LogP contribution in [0, 0.1) is 6.92 Å². The molecule has 4 rings (SSSR count). The van der Waals surface area contributed by atoms with Crippen LogP contribution in [0.15, 0.2) is 17.6 Å². The molecule has 2 aliphatic rings. The number of piperidine rings is 1. The van der Waals surface area contributed by atoms with Gasteiger partial charge in [0, 0.05) is 43.6 Å². The third-order valence-corrected chi connectivity index (χ3v) is 6.97. The van der Waals surface area contributed by atoms with E-state index in [0.29, 0.717) is 5.82 Å². The van der Waals surface area contributed by atoms with Crippen molar-refractivity contribution >= 4 is 15.8 Å². The van der Waals surface area contributed by atoms with Gasteiger partial charge in [0.2, 0.25) is 0 Å². The van der Waals surface area contributed by atoms with Gasteiger partial charge in [0.25, 0.3) is 10.0 Å². The molecule has 0 radical (unpaired) electrons. The van der Waals surface area contributed by atoms with E-state index in [9.17, 15) is 8.42 Å². The normalized spacial score (nSPS) is 18.5. The highest BCUT2D eigenvalue weighted by Crippen LogP contribution is 2.29. The van der Waals surface area contributed by atoms with Crippen LogP contribution in [0.5, 0.6) is 0 Å². The number of imidazole rings is 1. The Kier molecular flexibility index (Phi) is 4.90. The van der Waals surface area contributed by atoms with E-state index in [1.54, 1.807) is 31.1 Å². The molecule has 0 bridgehead atoms. The standard InChI is InChI=1S/C18H26N6O2S/c1-13-21-17(11-23(13)2)27(25,26)22-14-7-9-24(10-8-14)18-15-5-3-4-6-16(15)19-12-20-18/h11-12,14,22H,3-10H2,1-2H3. The quantitative estimate of drug-likeness (QED) is 0.847. The number of anilines is 1. The molecule has 3 heterocycles. The van der Waals surface area contributed by atoms with Crippen molar-refractivity contribution in [2.75, 3.05) is 18.0 Å². The molecular formula is C18H26N6O2S. The van der Waals surface area contributed by atoms with Crippen molar-refractivity contribution < 1.29 is 8.42 Å². The maximum absolute atomic E-state index is 12.6. The molecule has 1 saturated heterocycles. The van der Waals surface area contributed by atoms with Crippen LogP contribution in [0.25, 0.3) is 0 Å². The molecule has 0 unspecified atom stereocenters. The topological polar surface area (TPSA) is 93.0 Å². The summed E-state index contributed by atoms with van der Waals surface area (Å²) in [6, 6.07) is -0.0776. The van der Waals surface area contributed by atoms with Crippen LogP contribution in [0.1, 0.15) is 42.8 Å². The number of sulfonamides is 1. The highest BCUT2D eigenvalue weighted by molar-refractivity contribution is 7.89. The Hall–Kier alpha value is -2.00. The molecule has 1 N–H and O–H groups in total. The van der Waals surface area contributed by atoms with Crippen LogP contribution >= 0.6 is 0 Å². The molecule has 1 aliphatic heterocycles. The molecule has 1 fully saturated rings. The minimum absolute atomic E-state index is 0.0776. The molecule has 27 heavy (non-hydrogen) atoms. The molecule has 0 spiro atoms. The van der Waals surface area contributed by atoms with Gasteiger partial charge in [0.15, 0.2) is 5.03 Å². The van der Waals surface area contributed by atoms with Gasteiger partial charge in [-0.05, 0) is 45.4 Å². The maximum Gasteiger partial charge on any atom is 0.259 e. The lowest BCUT2D eigenvalue weighted by Gasteiger charge is -2.34. The predicted octanol–water partition coefficient (Wildman–Crippen LogP) is 1.34. The number of nitrogens with one attached hydrogen (secondary N) is 1. The summed E-state index contributed by atoms with van der Waals surface area (Å²) in [6.45, 7) is 3.37. The fourth-order valence-corrected chi connectivity index (χ4v) is 5.27. The zero-order valence-electron chi connectivity index (χ0n) is 15.8. The first kappa shape index (κ1) is 18.4. The molecule has 146 valence electrons. The van der Waals surface area contributed by atoms with Gasteiger partial charge in [-0.1, -0.05) is 0 Å². The molecule has 0 atom stereocenters. The van der Waals surface area contributed by atoms with E-state index < -0.39 is 10.0 Å². The molecular weight excluding hydrogens is 364 g/mol. The van der Waals surface area contributed by atoms with E-state index in [1.807, 2.05) is 0 Å². The number of rotatable bonds is 4. The van der Waals surface area contributed by atoms with E-state index in [1.165, 1.54) is 24.1 Å². The first-order chi connectivity index (χ1) is 12.9. The summed E-state index contributed by atoms with van der Waals surface area (Å²) in [7, 11) is -1.79. The Balaban J connectivity index is 1.42. The summed E-state index contributed by atoms with van der Waals surface area (Å²) in [5.41, 5.74) is 2.46. The van der Waals surface area contributed by atoms with Gasteiger partial charge in [0.05, 0.1) is 0 Å². The van der Waals surface area contributed by atoms with E-state index in [4.69, 9.17) is 0 Å². The summed E-state index contributed by atoms with van der Waals surface area (Å²) in [5, 5.41) is 0.0924. The van der Waals surface area contributed by atoms with Crippen LogP contribution < -0.4 is 9.62 Å². The Morgan fingerprint density at radius 3 is 2.59 bits per heavy atom. The van der Waals surface area contributed by atoms with Crippen molar-refractivity contribution in [1.29, 1.82) is 0 Å². The second-order valence-electron chi connectivity index (χ2n) is 7.45. The van der Waals surface area contributed by atoms with Crippen LogP contribution in [0.3, 0.4) is 0 Å². The molecule has 9 heteroatoms. The third kappa shape index (κ3) is 3.70. The third-order valence-electron chi connectivity index (χ3n) is 5.58. The van der Waals surface area contributed by atoms with Gasteiger partial charge in [-0.2, -0.15) is 0 Å².